The average molecular weight is 271 g/mol. The molecule has 0 radical (unpaired) electrons. The Morgan fingerprint density at radius 2 is 1.72 bits per heavy atom. The largest absolute Gasteiger partial charge is 0.392 e. The first-order valence-corrected chi connectivity index (χ1v) is 6.66. The first kappa shape index (κ1) is 14.9. The maximum atomic E-state index is 11.6. The van der Waals surface area contributed by atoms with Crippen LogP contribution in [0.4, 0.5) is 0 Å². The Balaban J connectivity index is 2.39. The molecule has 102 valence electrons. The minimum Gasteiger partial charge on any atom is -0.392 e. The zero-order chi connectivity index (χ0) is 13.7. The van der Waals surface area contributed by atoms with Gasteiger partial charge in [-0.15, -0.1) is 0 Å². The summed E-state index contributed by atoms with van der Waals surface area (Å²) in [7, 11) is 0. The van der Waals surface area contributed by atoms with Crippen LogP contribution in [0.1, 0.15) is 33.1 Å². The average Bonchev–Trinajstić information content (AvgIpc) is 2.24. The molecule has 18 heavy (non-hydrogen) atoms. The van der Waals surface area contributed by atoms with Crippen molar-refractivity contribution < 1.29 is 9.59 Å². The summed E-state index contributed by atoms with van der Waals surface area (Å²) in [5.74, 6) is -0.108. The highest BCUT2D eigenvalue weighted by molar-refractivity contribution is 7.80. The Kier molecular flexibility index (Phi) is 5.53. The number of nitrogens with one attached hydrogen (secondary N) is 2. The van der Waals surface area contributed by atoms with Gasteiger partial charge in [0.05, 0.1) is 11.5 Å². The van der Waals surface area contributed by atoms with Crippen LogP contribution in [0.2, 0.25) is 0 Å². The molecule has 0 aromatic heterocycles. The van der Waals surface area contributed by atoms with Crippen molar-refractivity contribution >= 4 is 29.0 Å². The summed E-state index contributed by atoms with van der Waals surface area (Å²) in [4.78, 5) is 23.2. The van der Waals surface area contributed by atoms with Crippen LogP contribution in [0.25, 0.3) is 0 Å². The molecule has 0 aromatic carbocycles. The zero-order valence-corrected chi connectivity index (χ0v) is 11.7. The van der Waals surface area contributed by atoms with Crippen molar-refractivity contribution in [1.82, 2.24) is 10.6 Å². The van der Waals surface area contributed by atoms with Gasteiger partial charge in [0.2, 0.25) is 0 Å². The molecule has 0 spiro atoms. The summed E-state index contributed by atoms with van der Waals surface area (Å²) >= 11 is 4.62. The Morgan fingerprint density at radius 1 is 1.17 bits per heavy atom. The fraction of sp³-hybridized carbons (Fsp3) is 0.750. The van der Waals surface area contributed by atoms with Crippen LogP contribution in [0.15, 0.2) is 0 Å². The van der Waals surface area contributed by atoms with Crippen LogP contribution in [-0.4, -0.2) is 29.4 Å². The SMILES string of the molecule is CC1CC(C)CC(NC(=O)C(=O)NCC(N)=S)C1. The summed E-state index contributed by atoms with van der Waals surface area (Å²) in [5.41, 5.74) is 5.25. The Hall–Kier alpha value is -1.17. The number of thiocarbonyl (C=S) groups is 1. The quantitative estimate of drug-likeness (QED) is 0.510. The lowest BCUT2D eigenvalue weighted by atomic mass is 9.80. The third-order valence-electron chi connectivity index (χ3n) is 3.14. The smallest absolute Gasteiger partial charge is 0.309 e. The lowest BCUT2D eigenvalue weighted by Crippen LogP contribution is -2.48. The number of carbonyl (C=O) groups is 2. The molecule has 1 fully saturated rings. The van der Waals surface area contributed by atoms with Crippen molar-refractivity contribution in [3.63, 3.8) is 0 Å². The van der Waals surface area contributed by atoms with Crippen LogP contribution in [0.5, 0.6) is 0 Å². The fourth-order valence-electron chi connectivity index (χ4n) is 2.56. The standard InChI is InChI=1S/C12H21N3O2S/c1-7-3-8(2)5-9(4-7)15-12(17)11(16)14-6-10(13)18/h7-9H,3-6H2,1-2H3,(H2,13,18)(H,14,16)(H,15,17). The molecule has 4 N–H and O–H groups in total. The van der Waals surface area contributed by atoms with Crippen LogP contribution in [0.3, 0.4) is 0 Å². The van der Waals surface area contributed by atoms with Gasteiger partial charge in [0, 0.05) is 6.04 Å². The molecule has 1 rings (SSSR count). The molecule has 2 atom stereocenters. The molecular weight excluding hydrogens is 250 g/mol. The fourth-order valence-corrected chi connectivity index (χ4v) is 2.64. The Bertz CT molecular complexity index is 336. The highest BCUT2D eigenvalue weighted by Crippen LogP contribution is 2.28. The Morgan fingerprint density at radius 3 is 2.22 bits per heavy atom. The van der Waals surface area contributed by atoms with Gasteiger partial charge in [0.25, 0.3) is 0 Å². The van der Waals surface area contributed by atoms with Gasteiger partial charge < -0.3 is 16.4 Å². The molecule has 6 heteroatoms. The van der Waals surface area contributed by atoms with Gasteiger partial charge in [0.1, 0.15) is 0 Å². The van der Waals surface area contributed by atoms with E-state index in [2.05, 4.69) is 36.7 Å². The van der Waals surface area contributed by atoms with Crippen molar-refractivity contribution in [3.05, 3.63) is 0 Å². The minimum absolute atomic E-state index is 0.0546. The highest BCUT2D eigenvalue weighted by atomic mass is 32.1. The summed E-state index contributed by atoms with van der Waals surface area (Å²) in [6, 6.07) is 0.0897. The minimum atomic E-state index is -0.673. The first-order valence-electron chi connectivity index (χ1n) is 6.25. The summed E-state index contributed by atoms with van der Waals surface area (Å²) in [5, 5.41) is 5.14. The number of hydrogen-bond acceptors (Lipinski definition) is 3. The summed E-state index contributed by atoms with van der Waals surface area (Å²) in [6.45, 7) is 4.39. The predicted octanol–water partition coefficient (Wildman–Crippen LogP) is 0.330. The third-order valence-corrected chi connectivity index (χ3v) is 3.29. The molecule has 1 aliphatic rings. The first-order chi connectivity index (χ1) is 8.38. The van der Waals surface area contributed by atoms with E-state index in [0.29, 0.717) is 11.8 Å². The maximum absolute atomic E-state index is 11.6. The normalized spacial score (nSPS) is 27.3. The summed E-state index contributed by atoms with van der Waals surface area (Å²) in [6.07, 6.45) is 3.04. The summed E-state index contributed by atoms with van der Waals surface area (Å²) < 4.78 is 0. The number of amides is 2. The number of rotatable bonds is 3. The molecule has 5 nitrogen and oxygen atoms in total. The molecule has 2 unspecified atom stereocenters. The van der Waals surface area contributed by atoms with Crippen molar-refractivity contribution in [3.8, 4) is 0 Å². The third kappa shape index (κ3) is 5.00. The van der Waals surface area contributed by atoms with Crippen LogP contribution < -0.4 is 16.4 Å². The van der Waals surface area contributed by atoms with Crippen molar-refractivity contribution in [2.45, 2.75) is 39.2 Å². The van der Waals surface area contributed by atoms with Gasteiger partial charge in [-0.3, -0.25) is 9.59 Å². The molecule has 0 bridgehead atoms. The maximum Gasteiger partial charge on any atom is 0.309 e. The second kappa shape index (κ2) is 6.68. The topological polar surface area (TPSA) is 84.2 Å². The van der Waals surface area contributed by atoms with Crippen molar-refractivity contribution in [1.29, 1.82) is 0 Å². The highest BCUT2D eigenvalue weighted by Gasteiger charge is 2.26. The number of hydrogen-bond donors (Lipinski definition) is 3. The molecule has 1 saturated carbocycles. The number of nitrogens with two attached hydrogens (primary N) is 1. The van der Waals surface area contributed by atoms with E-state index in [1.165, 1.54) is 6.42 Å². The monoisotopic (exact) mass is 271 g/mol. The van der Waals surface area contributed by atoms with E-state index in [1.807, 2.05) is 0 Å². The second-order valence-electron chi connectivity index (χ2n) is 5.24. The van der Waals surface area contributed by atoms with E-state index in [4.69, 9.17) is 5.73 Å². The molecule has 0 heterocycles. The molecule has 1 aliphatic carbocycles. The molecule has 2 amide bonds. The lowest BCUT2D eigenvalue weighted by Gasteiger charge is -2.31. The van der Waals surface area contributed by atoms with Crippen LogP contribution in [0, 0.1) is 11.8 Å². The lowest BCUT2D eigenvalue weighted by molar-refractivity contribution is -0.139. The zero-order valence-electron chi connectivity index (χ0n) is 10.9. The van der Waals surface area contributed by atoms with Gasteiger partial charge in [-0.1, -0.05) is 26.1 Å². The van der Waals surface area contributed by atoms with Gasteiger partial charge in [-0.2, -0.15) is 0 Å². The molecular formula is C12H21N3O2S. The van der Waals surface area contributed by atoms with Crippen molar-refractivity contribution in [2.24, 2.45) is 17.6 Å². The van der Waals surface area contributed by atoms with E-state index in [9.17, 15) is 9.59 Å². The Labute approximate surface area is 113 Å². The van der Waals surface area contributed by atoms with E-state index in [-0.39, 0.29) is 17.6 Å². The van der Waals surface area contributed by atoms with E-state index in [0.717, 1.165) is 12.8 Å². The van der Waals surface area contributed by atoms with E-state index < -0.39 is 11.8 Å². The van der Waals surface area contributed by atoms with Gasteiger partial charge in [-0.05, 0) is 31.1 Å². The van der Waals surface area contributed by atoms with E-state index in [1.54, 1.807) is 0 Å². The number of carbonyl (C=O) groups excluding carboxylic acids is 2. The molecule has 0 saturated heterocycles. The van der Waals surface area contributed by atoms with Gasteiger partial charge >= 0.3 is 11.8 Å². The van der Waals surface area contributed by atoms with Gasteiger partial charge in [-0.25, -0.2) is 0 Å². The van der Waals surface area contributed by atoms with E-state index >= 15 is 0 Å². The van der Waals surface area contributed by atoms with Crippen LogP contribution >= 0.6 is 12.2 Å². The second-order valence-corrected chi connectivity index (χ2v) is 5.76. The van der Waals surface area contributed by atoms with Gasteiger partial charge in [0.15, 0.2) is 0 Å². The molecule has 0 aromatic rings. The predicted molar refractivity (Wildman–Crippen MR) is 73.9 cm³/mol. The van der Waals surface area contributed by atoms with Crippen molar-refractivity contribution in [2.75, 3.05) is 6.54 Å². The molecule has 0 aliphatic heterocycles. The van der Waals surface area contributed by atoms with Crippen LogP contribution in [-0.2, 0) is 9.59 Å².